The van der Waals surface area contributed by atoms with Gasteiger partial charge in [0.25, 0.3) is 0 Å². The van der Waals surface area contributed by atoms with Crippen molar-refractivity contribution in [1.82, 2.24) is 5.16 Å². The fourth-order valence-corrected chi connectivity index (χ4v) is 5.92. The van der Waals surface area contributed by atoms with Gasteiger partial charge in [-0.25, -0.2) is 9.18 Å². The molecule has 0 spiro atoms. The first-order valence-corrected chi connectivity index (χ1v) is 12.9. The Morgan fingerprint density at radius 1 is 1.08 bits per heavy atom. The molecule has 1 saturated carbocycles. The zero-order chi connectivity index (χ0) is 27.3. The van der Waals surface area contributed by atoms with Gasteiger partial charge in [-0.15, -0.1) is 13.2 Å². The van der Waals surface area contributed by atoms with E-state index in [1.807, 2.05) is 4.90 Å². The van der Waals surface area contributed by atoms with E-state index >= 15 is 0 Å². The lowest BCUT2D eigenvalue weighted by Crippen LogP contribution is -2.46. The summed E-state index contributed by atoms with van der Waals surface area (Å²) in [5.74, 6) is -1.30. The van der Waals surface area contributed by atoms with Crippen molar-refractivity contribution in [2.24, 2.45) is 0 Å². The number of ether oxygens (including phenoxy) is 2. The average Bonchev–Trinajstić information content (AvgIpc) is 3.59. The number of benzene rings is 2. The highest BCUT2D eigenvalue weighted by Gasteiger charge is 2.43. The second-order valence-electron chi connectivity index (χ2n) is 10.4. The Labute approximate surface area is 221 Å². The lowest BCUT2D eigenvalue weighted by Gasteiger charge is -2.40. The predicted molar refractivity (Wildman–Crippen MR) is 131 cm³/mol. The van der Waals surface area contributed by atoms with Crippen LogP contribution in [0.3, 0.4) is 0 Å². The zero-order valence-electron chi connectivity index (χ0n) is 20.8. The largest absolute Gasteiger partial charge is 0.573 e. The number of carbonyl (C=O) groups is 1. The summed E-state index contributed by atoms with van der Waals surface area (Å²) in [6.45, 7) is 0.122. The first-order valence-electron chi connectivity index (χ1n) is 12.9. The average molecular weight is 547 g/mol. The van der Waals surface area contributed by atoms with Gasteiger partial charge >= 0.3 is 12.3 Å². The maximum atomic E-state index is 14.8. The Hall–Kier alpha value is -3.60. The Balaban J connectivity index is 1.20. The molecule has 11 heteroatoms. The summed E-state index contributed by atoms with van der Waals surface area (Å²) in [5, 5.41) is 13.3. The van der Waals surface area contributed by atoms with Gasteiger partial charge in [0.15, 0.2) is 0 Å². The van der Waals surface area contributed by atoms with Crippen molar-refractivity contribution in [2.45, 2.75) is 75.6 Å². The highest BCUT2D eigenvalue weighted by atomic mass is 19.4. The van der Waals surface area contributed by atoms with E-state index in [0.29, 0.717) is 29.9 Å². The van der Waals surface area contributed by atoms with Crippen LogP contribution in [0.4, 0.5) is 23.2 Å². The van der Waals surface area contributed by atoms with Crippen LogP contribution in [0, 0.1) is 5.82 Å². The van der Waals surface area contributed by atoms with Crippen LogP contribution in [0.5, 0.6) is 5.75 Å². The van der Waals surface area contributed by atoms with Gasteiger partial charge in [-0.3, -0.25) is 0 Å². The van der Waals surface area contributed by atoms with Crippen LogP contribution in [0.1, 0.15) is 66.1 Å². The molecule has 3 heterocycles. The summed E-state index contributed by atoms with van der Waals surface area (Å²) >= 11 is 0. The van der Waals surface area contributed by atoms with Crippen molar-refractivity contribution < 1.29 is 41.5 Å². The number of hydrogen-bond donors (Lipinski definition) is 1. The molecule has 206 valence electrons. The minimum Gasteiger partial charge on any atom is -0.478 e. The number of nitrogens with zero attached hydrogens (tertiary/aromatic N) is 2. The number of rotatable bonds is 8. The molecule has 3 aromatic rings. The number of alkyl halides is 3. The van der Waals surface area contributed by atoms with Crippen LogP contribution in [-0.2, 0) is 11.3 Å². The fourth-order valence-electron chi connectivity index (χ4n) is 5.92. The van der Waals surface area contributed by atoms with E-state index in [-0.39, 0.29) is 53.3 Å². The third-order valence-corrected chi connectivity index (χ3v) is 7.76. The Bertz CT molecular complexity index is 1370. The van der Waals surface area contributed by atoms with E-state index in [2.05, 4.69) is 9.89 Å². The third kappa shape index (κ3) is 5.19. The number of aromatic carboxylic acids is 1. The van der Waals surface area contributed by atoms with Gasteiger partial charge in [0.05, 0.1) is 24.0 Å². The molecule has 2 saturated heterocycles. The molecule has 1 aliphatic carbocycles. The Morgan fingerprint density at radius 2 is 1.79 bits per heavy atom. The van der Waals surface area contributed by atoms with Crippen molar-refractivity contribution in [3.05, 3.63) is 65.2 Å². The number of anilines is 1. The van der Waals surface area contributed by atoms with E-state index in [0.717, 1.165) is 31.7 Å². The molecule has 7 nitrogen and oxygen atoms in total. The summed E-state index contributed by atoms with van der Waals surface area (Å²) in [7, 11) is 0. The minimum absolute atomic E-state index is 0.0321. The molecular formula is C28H26F4N2O5. The molecule has 2 atom stereocenters. The molecule has 1 N–H and O–H groups in total. The van der Waals surface area contributed by atoms with Crippen molar-refractivity contribution >= 4 is 11.7 Å². The molecule has 2 bridgehead atoms. The molecule has 2 unspecified atom stereocenters. The SMILES string of the molecule is O=C(O)c1ccc(N2C3CCC2CC(OCc2c(-c4ccccc4OC(F)(F)F)noc2C2CC2)C3)c(F)c1. The van der Waals surface area contributed by atoms with E-state index in [4.69, 9.17) is 14.4 Å². The molecule has 0 radical (unpaired) electrons. The van der Waals surface area contributed by atoms with Crippen LogP contribution in [0.2, 0.25) is 0 Å². The van der Waals surface area contributed by atoms with E-state index < -0.39 is 18.1 Å². The van der Waals surface area contributed by atoms with Gasteiger partial charge in [-0.05, 0) is 68.9 Å². The number of carboxylic acid groups (broad SMARTS) is 1. The number of fused-ring (bicyclic) bond motifs is 2. The molecule has 6 rings (SSSR count). The lowest BCUT2D eigenvalue weighted by molar-refractivity contribution is -0.274. The van der Waals surface area contributed by atoms with Crippen LogP contribution in [0.15, 0.2) is 47.0 Å². The highest BCUT2D eigenvalue weighted by molar-refractivity contribution is 5.88. The topological polar surface area (TPSA) is 85.0 Å². The lowest BCUT2D eigenvalue weighted by atomic mass is 9.98. The fraction of sp³-hybridized carbons (Fsp3) is 0.429. The van der Waals surface area contributed by atoms with E-state index in [1.54, 1.807) is 6.07 Å². The second kappa shape index (κ2) is 9.86. The van der Waals surface area contributed by atoms with Crippen molar-refractivity contribution in [1.29, 1.82) is 0 Å². The summed E-state index contributed by atoms with van der Waals surface area (Å²) in [6.07, 6.45) is -0.160. The van der Waals surface area contributed by atoms with Gasteiger partial charge in [-0.1, -0.05) is 17.3 Å². The van der Waals surface area contributed by atoms with Crippen molar-refractivity contribution in [3.8, 4) is 17.0 Å². The molecule has 3 aliphatic rings. The highest BCUT2D eigenvalue weighted by Crippen LogP contribution is 2.46. The van der Waals surface area contributed by atoms with Crippen molar-refractivity contribution in [3.63, 3.8) is 0 Å². The van der Waals surface area contributed by atoms with Gasteiger partial charge in [-0.2, -0.15) is 0 Å². The number of aromatic nitrogens is 1. The maximum absolute atomic E-state index is 14.8. The number of hydrogen-bond acceptors (Lipinski definition) is 6. The monoisotopic (exact) mass is 546 g/mol. The van der Waals surface area contributed by atoms with E-state index in [1.165, 1.54) is 30.3 Å². The number of piperidine rings is 1. The Kier molecular flexibility index (Phi) is 6.49. The quantitative estimate of drug-likeness (QED) is 0.316. The van der Waals surface area contributed by atoms with Gasteiger partial charge in [0.1, 0.15) is 23.0 Å². The van der Waals surface area contributed by atoms with Crippen LogP contribution >= 0.6 is 0 Å². The number of halogens is 4. The maximum Gasteiger partial charge on any atom is 0.573 e. The third-order valence-electron chi connectivity index (χ3n) is 7.76. The molecule has 2 aliphatic heterocycles. The molecular weight excluding hydrogens is 520 g/mol. The second-order valence-corrected chi connectivity index (χ2v) is 10.4. The Morgan fingerprint density at radius 3 is 2.44 bits per heavy atom. The van der Waals surface area contributed by atoms with Gasteiger partial charge in [0.2, 0.25) is 0 Å². The summed E-state index contributed by atoms with van der Waals surface area (Å²) in [4.78, 5) is 13.2. The normalized spacial score (nSPS) is 22.8. The van der Waals surface area contributed by atoms with Crippen LogP contribution in [0.25, 0.3) is 11.3 Å². The summed E-state index contributed by atoms with van der Waals surface area (Å²) in [5.41, 5.74) is 1.38. The summed E-state index contributed by atoms with van der Waals surface area (Å²) in [6, 6.07) is 9.89. The van der Waals surface area contributed by atoms with Gasteiger partial charge < -0.3 is 24.0 Å². The molecule has 2 aromatic carbocycles. The van der Waals surface area contributed by atoms with Crippen LogP contribution in [-0.4, -0.2) is 40.8 Å². The number of para-hydroxylation sites is 1. The molecule has 39 heavy (non-hydrogen) atoms. The first kappa shape index (κ1) is 25.7. The number of carboxylic acids is 1. The van der Waals surface area contributed by atoms with E-state index in [9.17, 15) is 22.4 Å². The molecule has 0 amide bonds. The molecule has 3 fully saturated rings. The standard InChI is InChI=1S/C28H26F4N2O5/c29-22-11-16(27(35)36)7-10-23(22)34-17-8-9-18(34)13-19(12-17)37-14-21-25(33-39-26(21)15-5-6-15)20-3-1-2-4-24(20)38-28(30,31)32/h1-4,7,10-11,15,17-19H,5-6,8-9,12-14H2,(H,35,36). The van der Waals surface area contributed by atoms with Crippen LogP contribution < -0.4 is 9.64 Å². The smallest absolute Gasteiger partial charge is 0.478 e. The van der Waals surface area contributed by atoms with Gasteiger partial charge in [0, 0.05) is 29.1 Å². The first-order chi connectivity index (χ1) is 18.7. The minimum atomic E-state index is -4.85. The zero-order valence-corrected chi connectivity index (χ0v) is 20.8. The predicted octanol–water partition coefficient (Wildman–Crippen LogP) is 6.67. The molecule has 1 aromatic heterocycles. The summed E-state index contributed by atoms with van der Waals surface area (Å²) < 4.78 is 70.2. The van der Waals surface area contributed by atoms with Crippen molar-refractivity contribution in [2.75, 3.05) is 4.90 Å².